The average molecular weight is 271 g/mol. The second kappa shape index (κ2) is 7.58. The van der Waals surface area contributed by atoms with Crippen LogP contribution in [0.3, 0.4) is 0 Å². The quantitative estimate of drug-likeness (QED) is 0.756. The maximum atomic E-state index is 10.1. The highest BCUT2D eigenvalue weighted by atomic mass is 16.3. The molecule has 0 bridgehead atoms. The Kier molecular flexibility index (Phi) is 6.74. The highest BCUT2D eigenvalue weighted by Gasteiger charge is 2.21. The van der Waals surface area contributed by atoms with Gasteiger partial charge in [0.25, 0.3) is 0 Å². The SMILES string of the molecule is CN(C)CC1CCN(CC(O)CNC(C)(C)C)CC1. The number of hydrogen-bond acceptors (Lipinski definition) is 4. The molecule has 1 atom stereocenters. The Morgan fingerprint density at radius 2 is 1.84 bits per heavy atom. The van der Waals surface area contributed by atoms with Crippen LogP contribution in [-0.4, -0.2) is 73.4 Å². The Balaban J connectivity index is 2.18. The van der Waals surface area contributed by atoms with Crippen LogP contribution in [0.25, 0.3) is 0 Å². The van der Waals surface area contributed by atoms with Crippen molar-refractivity contribution in [3.05, 3.63) is 0 Å². The molecule has 1 fully saturated rings. The molecule has 0 saturated carbocycles. The number of rotatable bonds is 6. The summed E-state index contributed by atoms with van der Waals surface area (Å²) in [6.07, 6.45) is 2.26. The zero-order chi connectivity index (χ0) is 14.5. The fourth-order valence-corrected chi connectivity index (χ4v) is 2.65. The maximum Gasteiger partial charge on any atom is 0.0791 e. The fraction of sp³-hybridized carbons (Fsp3) is 1.00. The van der Waals surface area contributed by atoms with Crippen molar-refractivity contribution in [1.82, 2.24) is 15.1 Å². The van der Waals surface area contributed by atoms with Crippen LogP contribution < -0.4 is 5.32 Å². The number of hydrogen-bond donors (Lipinski definition) is 2. The standard InChI is InChI=1S/C15H33N3O/c1-15(2,3)16-10-14(19)12-18-8-6-13(7-9-18)11-17(4)5/h13-14,16,19H,6-12H2,1-5H3. The third kappa shape index (κ3) is 7.88. The van der Waals surface area contributed by atoms with Crippen molar-refractivity contribution >= 4 is 0 Å². The van der Waals surface area contributed by atoms with Crippen LogP contribution in [0.5, 0.6) is 0 Å². The summed E-state index contributed by atoms with van der Waals surface area (Å²) in [5.41, 5.74) is 0.0830. The highest BCUT2D eigenvalue weighted by Crippen LogP contribution is 2.17. The monoisotopic (exact) mass is 271 g/mol. The number of β-amino-alcohol motifs (C(OH)–C–C–N with tert-alkyl or cyclic N) is 1. The zero-order valence-corrected chi connectivity index (χ0v) is 13.4. The van der Waals surface area contributed by atoms with E-state index < -0.39 is 0 Å². The van der Waals surface area contributed by atoms with Gasteiger partial charge in [0.1, 0.15) is 0 Å². The van der Waals surface area contributed by atoms with Gasteiger partial charge in [0.2, 0.25) is 0 Å². The van der Waals surface area contributed by atoms with E-state index in [-0.39, 0.29) is 11.6 Å². The lowest BCUT2D eigenvalue weighted by atomic mass is 9.96. The van der Waals surface area contributed by atoms with E-state index in [1.165, 1.54) is 19.4 Å². The van der Waals surface area contributed by atoms with E-state index in [2.05, 4.69) is 50.0 Å². The van der Waals surface area contributed by atoms with Gasteiger partial charge in [-0.15, -0.1) is 0 Å². The average Bonchev–Trinajstić information content (AvgIpc) is 2.28. The molecule has 1 heterocycles. The summed E-state index contributed by atoms with van der Waals surface area (Å²) >= 11 is 0. The summed E-state index contributed by atoms with van der Waals surface area (Å²) < 4.78 is 0. The first kappa shape index (κ1) is 16.9. The molecule has 4 heteroatoms. The van der Waals surface area contributed by atoms with Gasteiger partial charge in [-0.2, -0.15) is 0 Å². The summed E-state index contributed by atoms with van der Waals surface area (Å²) in [5, 5.41) is 13.4. The Morgan fingerprint density at radius 1 is 1.26 bits per heavy atom. The predicted octanol–water partition coefficient (Wildman–Crippen LogP) is 1.01. The van der Waals surface area contributed by atoms with Crippen LogP contribution >= 0.6 is 0 Å². The smallest absolute Gasteiger partial charge is 0.0791 e. The molecule has 0 radical (unpaired) electrons. The summed E-state index contributed by atoms with van der Waals surface area (Å²) in [6, 6.07) is 0. The molecule has 1 aliphatic heterocycles. The van der Waals surface area contributed by atoms with Gasteiger partial charge < -0.3 is 20.2 Å². The first-order valence-corrected chi connectivity index (χ1v) is 7.56. The fourth-order valence-electron chi connectivity index (χ4n) is 2.65. The van der Waals surface area contributed by atoms with E-state index in [4.69, 9.17) is 0 Å². The second-order valence-corrected chi connectivity index (χ2v) is 7.29. The van der Waals surface area contributed by atoms with Crippen molar-refractivity contribution in [1.29, 1.82) is 0 Å². The van der Waals surface area contributed by atoms with Crippen LogP contribution in [0, 0.1) is 5.92 Å². The molecule has 4 nitrogen and oxygen atoms in total. The van der Waals surface area contributed by atoms with Gasteiger partial charge in [0, 0.05) is 25.2 Å². The van der Waals surface area contributed by atoms with Crippen LogP contribution in [0.2, 0.25) is 0 Å². The van der Waals surface area contributed by atoms with Gasteiger partial charge in [-0.3, -0.25) is 0 Å². The van der Waals surface area contributed by atoms with Gasteiger partial charge >= 0.3 is 0 Å². The maximum absolute atomic E-state index is 10.1. The Labute approximate surface area is 119 Å². The Bertz CT molecular complexity index is 242. The van der Waals surface area contributed by atoms with E-state index in [1.54, 1.807) is 0 Å². The zero-order valence-electron chi connectivity index (χ0n) is 13.4. The van der Waals surface area contributed by atoms with E-state index in [1.807, 2.05) is 0 Å². The third-order valence-electron chi connectivity index (χ3n) is 3.67. The minimum atomic E-state index is -0.260. The highest BCUT2D eigenvalue weighted by molar-refractivity contribution is 4.78. The van der Waals surface area contributed by atoms with Crippen molar-refractivity contribution in [2.75, 3.05) is 46.8 Å². The summed E-state index contributed by atoms with van der Waals surface area (Å²) in [5.74, 6) is 0.830. The van der Waals surface area contributed by atoms with E-state index in [9.17, 15) is 5.11 Å². The predicted molar refractivity (Wildman–Crippen MR) is 81.5 cm³/mol. The topological polar surface area (TPSA) is 38.7 Å². The summed E-state index contributed by atoms with van der Waals surface area (Å²) in [4.78, 5) is 4.68. The van der Waals surface area contributed by atoms with Crippen molar-refractivity contribution < 1.29 is 5.11 Å². The van der Waals surface area contributed by atoms with Crippen LogP contribution in [0.15, 0.2) is 0 Å². The molecule has 1 saturated heterocycles. The Hall–Kier alpha value is -0.160. The molecule has 0 aliphatic carbocycles. The number of likely N-dealkylation sites (tertiary alicyclic amines) is 1. The molecular formula is C15H33N3O. The lowest BCUT2D eigenvalue weighted by molar-refractivity contribution is 0.0803. The van der Waals surface area contributed by atoms with Crippen LogP contribution in [-0.2, 0) is 0 Å². The molecule has 0 aromatic carbocycles. The number of piperidine rings is 1. The van der Waals surface area contributed by atoms with E-state index in [0.717, 1.165) is 25.6 Å². The lowest BCUT2D eigenvalue weighted by Gasteiger charge is -2.34. The lowest BCUT2D eigenvalue weighted by Crippen LogP contribution is -2.46. The molecule has 1 rings (SSSR count). The largest absolute Gasteiger partial charge is 0.390 e. The molecule has 114 valence electrons. The number of aliphatic hydroxyl groups is 1. The first-order valence-electron chi connectivity index (χ1n) is 7.56. The summed E-state index contributed by atoms with van der Waals surface area (Å²) in [6.45, 7) is 11.3. The van der Waals surface area contributed by atoms with E-state index >= 15 is 0 Å². The minimum Gasteiger partial charge on any atom is -0.390 e. The second-order valence-electron chi connectivity index (χ2n) is 7.29. The Morgan fingerprint density at radius 3 is 2.32 bits per heavy atom. The first-order chi connectivity index (χ1) is 8.76. The molecule has 0 aromatic heterocycles. The van der Waals surface area contributed by atoms with Gasteiger partial charge in [-0.25, -0.2) is 0 Å². The molecular weight excluding hydrogens is 238 g/mol. The minimum absolute atomic E-state index is 0.0830. The molecule has 19 heavy (non-hydrogen) atoms. The number of nitrogens with zero attached hydrogens (tertiary/aromatic N) is 2. The van der Waals surface area contributed by atoms with Gasteiger partial charge in [0.15, 0.2) is 0 Å². The van der Waals surface area contributed by atoms with Gasteiger partial charge in [-0.1, -0.05) is 0 Å². The van der Waals surface area contributed by atoms with Crippen molar-refractivity contribution in [2.45, 2.75) is 45.3 Å². The van der Waals surface area contributed by atoms with Crippen molar-refractivity contribution in [3.63, 3.8) is 0 Å². The van der Waals surface area contributed by atoms with Crippen LogP contribution in [0.4, 0.5) is 0 Å². The van der Waals surface area contributed by atoms with Gasteiger partial charge in [0.05, 0.1) is 6.10 Å². The molecule has 2 N–H and O–H groups in total. The number of aliphatic hydroxyl groups excluding tert-OH is 1. The molecule has 1 aliphatic rings. The van der Waals surface area contributed by atoms with Crippen molar-refractivity contribution in [3.8, 4) is 0 Å². The molecule has 0 aromatic rings. The molecule has 1 unspecified atom stereocenters. The normalized spacial score (nSPS) is 21.0. The summed E-state index contributed by atoms with van der Waals surface area (Å²) in [7, 11) is 4.29. The number of nitrogens with one attached hydrogen (secondary N) is 1. The van der Waals surface area contributed by atoms with Crippen LogP contribution in [0.1, 0.15) is 33.6 Å². The van der Waals surface area contributed by atoms with E-state index in [0.29, 0.717) is 6.54 Å². The van der Waals surface area contributed by atoms with Gasteiger partial charge in [-0.05, 0) is 66.7 Å². The third-order valence-corrected chi connectivity index (χ3v) is 3.67. The molecule has 0 amide bonds. The molecule has 0 spiro atoms. The van der Waals surface area contributed by atoms with Crippen molar-refractivity contribution in [2.24, 2.45) is 5.92 Å².